The minimum Gasteiger partial charge on any atom is -0.329 e. The normalized spacial score (nSPS) is 21.3. The number of rotatable bonds is 4. The van der Waals surface area contributed by atoms with Crippen molar-refractivity contribution in [3.05, 3.63) is 18.0 Å². The molecule has 19 heavy (non-hydrogen) atoms. The van der Waals surface area contributed by atoms with E-state index in [-0.39, 0.29) is 18.9 Å². The molecule has 2 N–H and O–H groups in total. The van der Waals surface area contributed by atoms with Crippen molar-refractivity contribution < 1.29 is 8.78 Å². The number of hydrogen-bond acceptors (Lipinski definition) is 5. The van der Waals surface area contributed by atoms with E-state index < -0.39 is 5.92 Å². The van der Waals surface area contributed by atoms with Crippen LogP contribution in [0.5, 0.6) is 0 Å². The molecule has 1 atom stereocenters. The number of piperidine rings is 1. The Morgan fingerprint density at radius 3 is 2.42 bits per heavy atom. The van der Waals surface area contributed by atoms with Crippen LogP contribution in [0.3, 0.4) is 0 Å². The Labute approximate surface area is 115 Å². The Kier molecular flexibility index (Phi) is 4.70. The molecule has 1 aromatic rings. The fourth-order valence-electron chi connectivity index (χ4n) is 2.26. The van der Waals surface area contributed by atoms with E-state index in [4.69, 9.17) is 5.73 Å². The number of aromatic nitrogens is 2. The van der Waals surface area contributed by atoms with Crippen LogP contribution in [0.15, 0.2) is 17.6 Å². The lowest BCUT2D eigenvalue weighted by Crippen LogP contribution is -2.43. The molecule has 1 unspecified atom stereocenters. The van der Waals surface area contributed by atoms with Gasteiger partial charge in [0.1, 0.15) is 0 Å². The number of hydrogen-bond donors (Lipinski definition) is 1. The largest absolute Gasteiger partial charge is 0.329 e. The Morgan fingerprint density at radius 2 is 1.95 bits per heavy atom. The number of likely N-dealkylation sites (tertiary alicyclic amines) is 1. The highest BCUT2D eigenvalue weighted by Crippen LogP contribution is 2.31. The first-order chi connectivity index (χ1) is 9.05. The summed E-state index contributed by atoms with van der Waals surface area (Å²) in [5, 5.41) is 0.699. The molecule has 0 saturated carbocycles. The highest BCUT2D eigenvalue weighted by Gasteiger charge is 2.36. The number of nitrogens with zero attached hydrogens (tertiary/aromatic N) is 3. The van der Waals surface area contributed by atoms with Crippen LogP contribution in [0.4, 0.5) is 8.78 Å². The van der Waals surface area contributed by atoms with Crippen molar-refractivity contribution in [3.8, 4) is 0 Å². The molecule has 0 spiro atoms. The van der Waals surface area contributed by atoms with Crippen LogP contribution in [-0.4, -0.2) is 46.7 Å². The summed E-state index contributed by atoms with van der Waals surface area (Å²) >= 11 is 1.47. The minimum absolute atomic E-state index is 0.0768. The maximum Gasteiger partial charge on any atom is 0.250 e. The Bertz CT molecular complexity index is 403. The summed E-state index contributed by atoms with van der Waals surface area (Å²) < 4.78 is 26.3. The van der Waals surface area contributed by atoms with Gasteiger partial charge in [0, 0.05) is 50.4 Å². The van der Waals surface area contributed by atoms with E-state index in [1.165, 1.54) is 11.8 Å². The summed E-state index contributed by atoms with van der Waals surface area (Å²) in [6, 6.07) is -0.0768. The zero-order chi connectivity index (χ0) is 13.9. The number of thioether (sulfide) groups is 1. The van der Waals surface area contributed by atoms with Crippen LogP contribution in [0.25, 0.3) is 0 Å². The molecular formula is C12H18F2N4S. The molecule has 2 rings (SSSR count). The summed E-state index contributed by atoms with van der Waals surface area (Å²) in [5.74, 6) is -2.53. The summed E-state index contributed by atoms with van der Waals surface area (Å²) in [4.78, 5) is 10.4. The molecule has 1 aliphatic heterocycles. The summed E-state index contributed by atoms with van der Waals surface area (Å²) in [6.07, 6.45) is 5.18. The molecule has 0 amide bonds. The van der Waals surface area contributed by atoms with Crippen LogP contribution in [0.1, 0.15) is 24.4 Å². The molecule has 1 fully saturated rings. The van der Waals surface area contributed by atoms with Gasteiger partial charge >= 0.3 is 0 Å². The third-order valence-electron chi connectivity index (χ3n) is 3.41. The van der Waals surface area contributed by atoms with Gasteiger partial charge in [-0.15, -0.1) is 0 Å². The monoisotopic (exact) mass is 288 g/mol. The van der Waals surface area contributed by atoms with Gasteiger partial charge in [0.15, 0.2) is 5.16 Å². The molecular weight excluding hydrogens is 270 g/mol. The van der Waals surface area contributed by atoms with E-state index in [9.17, 15) is 8.78 Å². The lowest BCUT2D eigenvalue weighted by molar-refractivity contribution is -0.0628. The summed E-state index contributed by atoms with van der Waals surface area (Å²) in [7, 11) is 0. The predicted octanol–water partition coefficient (Wildman–Crippen LogP) is 1.93. The van der Waals surface area contributed by atoms with Crippen LogP contribution < -0.4 is 5.73 Å². The molecule has 0 radical (unpaired) electrons. The number of halogens is 2. The van der Waals surface area contributed by atoms with Crippen molar-refractivity contribution in [1.29, 1.82) is 0 Å². The molecule has 2 heterocycles. The second kappa shape index (κ2) is 6.11. The molecule has 4 nitrogen and oxygen atoms in total. The predicted molar refractivity (Wildman–Crippen MR) is 71.4 cm³/mol. The lowest BCUT2D eigenvalue weighted by atomic mass is 10.0. The Hall–Kier alpha value is -0.790. The number of nitrogens with two attached hydrogens (primary N) is 1. The Morgan fingerprint density at radius 1 is 1.37 bits per heavy atom. The molecule has 0 aliphatic carbocycles. The van der Waals surface area contributed by atoms with Crippen molar-refractivity contribution in [2.24, 2.45) is 5.73 Å². The lowest BCUT2D eigenvalue weighted by Gasteiger charge is -2.36. The molecule has 1 aliphatic rings. The highest BCUT2D eigenvalue weighted by atomic mass is 32.2. The molecule has 0 aromatic carbocycles. The SMILES string of the molecule is CSc1ncc(C(CN)N2CCC(F)(F)CC2)cn1. The molecule has 7 heteroatoms. The van der Waals surface area contributed by atoms with Gasteiger partial charge in [0.2, 0.25) is 0 Å². The van der Waals surface area contributed by atoms with Gasteiger partial charge in [0.05, 0.1) is 6.04 Å². The van der Waals surface area contributed by atoms with Crippen molar-refractivity contribution in [1.82, 2.24) is 14.9 Å². The van der Waals surface area contributed by atoms with E-state index in [1.807, 2.05) is 11.2 Å². The average Bonchev–Trinajstić information content (AvgIpc) is 2.42. The number of alkyl halides is 2. The molecule has 1 aromatic heterocycles. The van der Waals surface area contributed by atoms with E-state index in [0.29, 0.717) is 24.8 Å². The second-order valence-electron chi connectivity index (χ2n) is 4.65. The van der Waals surface area contributed by atoms with Crippen LogP contribution in [-0.2, 0) is 0 Å². The van der Waals surface area contributed by atoms with Gasteiger partial charge in [-0.2, -0.15) is 0 Å². The van der Waals surface area contributed by atoms with Crippen LogP contribution in [0, 0.1) is 0 Å². The zero-order valence-electron chi connectivity index (χ0n) is 10.9. The first kappa shape index (κ1) is 14.6. The fourth-order valence-corrected chi connectivity index (χ4v) is 2.58. The van der Waals surface area contributed by atoms with Crippen molar-refractivity contribution in [3.63, 3.8) is 0 Å². The van der Waals surface area contributed by atoms with E-state index in [0.717, 1.165) is 5.56 Å². The van der Waals surface area contributed by atoms with Crippen molar-refractivity contribution in [2.75, 3.05) is 25.9 Å². The first-order valence-corrected chi connectivity index (χ1v) is 7.46. The van der Waals surface area contributed by atoms with Gasteiger partial charge in [-0.05, 0) is 6.26 Å². The highest BCUT2D eigenvalue weighted by molar-refractivity contribution is 7.98. The topological polar surface area (TPSA) is 55.0 Å². The maximum atomic E-state index is 13.2. The van der Waals surface area contributed by atoms with E-state index >= 15 is 0 Å². The van der Waals surface area contributed by atoms with Crippen LogP contribution in [0.2, 0.25) is 0 Å². The quantitative estimate of drug-likeness (QED) is 0.678. The Balaban J connectivity index is 2.07. The fraction of sp³-hybridized carbons (Fsp3) is 0.667. The third kappa shape index (κ3) is 3.61. The van der Waals surface area contributed by atoms with Gasteiger partial charge < -0.3 is 5.73 Å². The second-order valence-corrected chi connectivity index (χ2v) is 5.42. The first-order valence-electron chi connectivity index (χ1n) is 6.23. The molecule has 0 bridgehead atoms. The molecule has 106 valence electrons. The standard InChI is InChI=1S/C12H18F2N4S/c1-19-11-16-7-9(8-17-11)10(6-15)18-4-2-12(13,14)3-5-18/h7-8,10H,2-6,15H2,1H3. The smallest absolute Gasteiger partial charge is 0.250 e. The molecule has 1 saturated heterocycles. The van der Waals surface area contributed by atoms with Gasteiger partial charge in [0.25, 0.3) is 5.92 Å². The average molecular weight is 288 g/mol. The van der Waals surface area contributed by atoms with E-state index in [2.05, 4.69) is 9.97 Å². The summed E-state index contributed by atoms with van der Waals surface area (Å²) in [6.45, 7) is 1.10. The van der Waals surface area contributed by atoms with E-state index in [1.54, 1.807) is 12.4 Å². The third-order valence-corrected chi connectivity index (χ3v) is 3.99. The van der Waals surface area contributed by atoms with Crippen LogP contribution >= 0.6 is 11.8 Å². The van der Waals surface area contributed by atoms with Gasteiger partial charge in [-0.25, -0.2) is 18.7 Å². The minimum atomic E-state index is -2.53. The van der Waals surface area contributed by atoms with Crippen molar-refractivity contribution >= 4 is 11.8 Å². The van der Waals surface area contributed by atoms with Gasteiger partial charge in [-0.1, -0.05) is 11.8 Å². The van der Waals surface area contributed by atoms with Gasteiger partial charge in [-0.3, -0.25) is 4.90 Å². The maximum absolute atomic E-state index is 13.2. The summed E-state index contributed by atoms with van der Waals surface area (Å²) in [5.41, 5.74) is 6.68. The zero-order valence-corrected chi connectivity index (χ0v) is 11.7. The van der Waals surface area contributed by atoms with Crippen molar-refractivity contribution in [2.45, 2.75) is 30.0 Å².